The van der Waals surface area contributed by atoms with Crippen molar-refractivity contribution in [1.82, 2.24) is 20.1 Å². The van der Waals surface area contributed by atoms with E-state index < -0.39 is 0 Å². The van der Waals surface area contributed by atoms with E-state index in [0.717, 1.165) is 18.5 Å². The second-order valence-corrected chi connectivity index (χ2v) is 5.16. The number of rotatable bonds is 6. The average molecular weight is 288 g/mol. The molecule has 0 unspecified atom stereocenters. The SMILES string of the molecule is CC(=O)c1cc(C(=O)NCCCc2cn[nH]c2C)n(C)c1. The van der Waals surface area contributed by atoms with Gasteiger partial charge in [-0.25, -0.2) is 0 Å². The first-order valence-corrected chi connectivity index (χ1v) is 6.93. The van der Waals surface area contributed by atoms with Crippen LogP contribution in [0.2, 0.25) is 0 Å². The van der Waals surface area contributed by atoms with Crippen molar-refractivity contribution in [3.63, 3.8) is 0 Å². The third-order valence-corrected chi connectivity index (χ3v) is 3.49. The van der Waals surface area contributed by atoms with E-state index in [1.165, 1.54) is 12.5 Å². The average Bonchev–Trinajstić information content (AvgIpc) is 3.01. The molecule has 0 aliphatic carbocycles. The van der Waals surface area contributed by atoms with Gasteiger partial charge in [0.05, 0.1) is 6.20 Å². The summed E-state index contributed by atoms with van der Waals surface area (Å²) in [6, 6.07) is 1.62. The summed E-state index contributed by atoms with van der Waals surface area (Å²) in [5, 5.41) is 9.73. The maximum absolute atomic E-state index is 12.1. The maximum atomic E-state index is 12.1. The fraction of sp³-hybridized carbons (Fsp3) is 0.400. The molecule has 21 heavy (non-hydrogen) atoms. The van der Waals surface area contributed by atoms with Crippen molar-refractivity contribution in [1.29, 1.82) is 0 Å². The summed E-state index contributed by atoms with van der Waals surface area (Å²) in [4.78, 5) is 23.4. The van der Waals surface area contributed by atoms with Gasteiger partial charge in [-0.1, -0.05) is 0 Å². The fourth-order valence-electron chi connectivity index (χ4n) is 2.18. The highest BCUT2D eigenvalue weighted by atomic mass is 16.2. The molecule has 1 amide bonds. The van der Waals surface area contributed by atoms with Gasteiger partial charge in [0.15, 0.2) is 5.78 Å². The van der Waals surface area contributed by atoms with Gasteiger partial charge >= 0.3 is 0 Å². The Hall–Kier alpha value is -2.37. The highest BCUT2D eigenvalue weighted by molar-refractivity contribution is 5.99. The van der Waals surface area contributed by atoms with Crippen LogP contribution >= 0.6 is 0 Å². The zero-order valence-electron chi connectivity index (χ0n) is 12.6. The predicted octanol–water partition coefficient (Wildman–Crippen LogP) is 1.62. The van der Waals surface area contributed by atoms with Gasteiger partial charge in [0, 0.05) is 31.0 Å². The Morgan fingerprint density at radius 2 is 2.19 bits per heavy atom. The van der Waals surface area contributed by atoms with Crippen LogP contribution in [0.25, 0.3) is 0 Å². The lowest BCUT2D eigenvalue weighted by molar-refractivity contribution is 0.0945. The van der Waals surface area contributed by atoms with Crippen molar-refractivity contribution < 1.29 is 9.59 Å². The van der Waals surface area contributed by atoms with Gasteiger partial charge in [-0.05, 0) is 38.3 Å². The minimum Gasteiger partial charge on any atom is -0.351 e. The summed E-state index contributed by atoms with van der Waals surface area (Å²) >= 11 is 0. The first kappa shape index (κ1) is 15.0. The summed E-state index contributed by atoms with van der Waals surface area (Å²) in [5.41, 5.74) is 3.29. The molecule has 2 aromatic heterocycles. The minimum absolute atomic E-state index is 0.0416. The lowest BCUT2D eigenvalue weighted by atomic mass is 10.1. The zero-order chi connectivity index (χ0) is 15.4. The highest BCUT2D eigenvalue weighted by Crippen LogP contribution is 2.08. The molecule has 2 heterocycles. The molecule has 0 atom stereocenters. The van der Waals surface area contributed by atoms with Crippen LogP contribution in [0.4, 0.5) is 0 Å². The number of carbonyl (C=O) groups is 2. The number of Topliss-reactive ketones (excluding diaryl/α,β-unsaturated/α-hetero) is 1. The molecule has 2 N–H and O–H groups in total. The van der Waals surface area contributed by atoms with Gasteiger partial charge in [-0.3, -0.25) is 14.7 Å². The van der Waals surface area contributed by atoms with Crippen LogP contribution in [0, 0.1) is 6.92 Å². The number of hydrogen-bond acceptors (Lipinski definition) is 3. The van der Waals surface area contributed by atoms with E-state index in [9.17, 15) is 9.59 Å². The van der Waals surface area contributed by atoms with E-state index in [1.807, 2.05) is 13.1 Å². The van der Waals surface area contributed by atoms with Gasteiger partial charge in [0.1, 0.15) is 5.69 Å². The number of aryl methyl sites for hydroxylation is 3. The van der Waals surface area contributed by atoms with Gasteiger partial charge in [-0.2, -0.15) is 5.10 Å². The molecule has 6 heteroatoms. The van der Waals surface area contributed by atoms with Gasteiger partial charge < -0.3 is 9.88 Å². The molecule has 0 spiro atoms. The third kappa shape index (κ3) is 3.59. The second-order valence-electron chi connectivity index (χ2n) is 5.16. The number of aromatic nitrogens is 3. The molecule has 0 aliphatic heterocycles. The Labute approximate surface area is 123 Å². The Bertz CT molecular complexity index is 654. The quantitative estimate of drug-likeness (QED) is 0.626. The standard InChI is InChI=1S/C15H20N4O2/c1-10-12(8-17-18-10)5-4-6-16-15(21)14-7-13(11(2)20)9-19(14)3/h7-9H,4-6H2,1-3H3,(H,16,21)(H,17,18). The predicted molar refractivity (Wildman–Crippen MR) is 79.4 cm³/mol. The van der Waals surface area contributed by atoms with E-state index in [-0.39, 0.29) is 11.7 Å². The van der Waals surface area contributed by atoms with Crippen molar-refractivity contribution in [2.24, 2.45) is 7.05 Å². The molecule has 0 fully saturated rings. The molecule has 6 nitrogen and oxygen atoms in total. The van der Waals surface area contributed by atoms with E-state index in [2.05, 4.69) is 15.5 Å². The van der Waals surface area contributed by atoms with Gasteiger partial charge in [-0.15, -0.1) is 0 Å². The molecule has 2 rings (SSSR count). The van der Waals surface area contributed by atoms with Crippen LogP contribution in [-0.2, 0) is 13.5 Å². The summed E-state index contributed by atoms with van der Waals surface area (Å²) in [7, 11) is 1.76. The minimum atomic E-state index is -0.158. The number of ketones is 1. The van der Waals surface area contributed by atoms with Crippen LogP contribution in [-0.4, -0.2) is 33.0 Å². The molecule has 0 radical (unpaired) electrons. The Morgan fingerprint density at radius 3 is 2.76 bits per heavy atom. The van der Waals surface area contributed by atoms with E-state index >= 15 is 0 Å². The van der Waals surface area contributed by atoms with Gasteiger partial charge in [0.2, 0.25) is 0 Å². The van der Waals surface area contributed by atoms with Crippen LogP contribution in [0.15, 0.2) is 18.5 Å². The number of nitrogens with zero attached hydrogens (tertiary/aromatic N) is 2. The molecule has 0 aromatic carbocycles. The van der Waals surface area contributed by atoms with Crippen LogP contribution in [0.3, 0.4) is 0 Å². The topological polar surface area (TPSA) is 79.8 Å². The third-order valence-electron chi connectivity index (χ3n) is 3.49. The van der Waals surface area contributed by atoms with Crippen molar-refractivity contribution in [3.05, 3.63) is 41.0 Å². The number of nitrogens with one attached hydrogen (secondary N) is 2. The zero-order valence-corrected chi connectivity index (χ0v) is 12.6. The smallest absolute Gasteiger partial charge is 0.267 e. The number of H-pyrrole nitrogens is 1. The number of hydrogen-bond donors (Lipinski definition) is 2. The molecule has 2 aromatic rings. The highest BCUT2D eigenvalue weighted by Gasteiger charge is 2.13. The van der Waals surface area contributed by atoms with Crippen LogP contribution < -0.4 is 5.32 Å². The Kier molecular flexibility index (Phi) is 4.57. The monoisotopic (exact) mass is 288 g/mol. The molecule has 0 saturated carbocycles. The molecule has 0 bridgehead atoms. The lowest BCUT2D eigenvalue weighted by Crippen LogP contribution is -2.26. The summed E-state index contributed by atoms with van der Waals surface area (Å²) < 4.78 is 1.67. The second kappa shape index (κ2) is 6.39. The first-order chi connectivity index (χ1) is 9.99. The van der Waals surface area contributed by atoms with Crippen molar-refractivity contribution in [2.75, 3.05) is 6.54 Å². The summed E-state index contributed by atoms with van der Waals surface area (Å²) in [6.45, 7) is 4.06. The van der Waals surface area contributed by atoms with Crippen LogP contribution in [0.5, 0.6) is 0 Å². The first-order valence-electron chi connectivity index (χ1n) is 6.93. The van der Waals surface area contributed by atoms with Crippen molar-refractivity contribution in [3.8, 4) is 0 Å². The summed E-state index contributed by atoms with van der Waals surface area (Å²) in [5.74, 6) is -0.200. The van der Waals surface area contributed by atoms with Crippen LogP contribution in [0.1, 0.15) is 45.4 Å². The Balaban J connectivity index is 1.85. The van der Waals surface area contributed by atoms with Crippen molar-refractivity contribution in [2.45, 2.75) is 26.7 Å². The lowest BCUT2D eigenvalue weighted by Gasteiger charge is -2.05. The van der Waals surface area contributed by atoms with Crippen molar-refractivity contribution >= 4 is 11.7 Å². The van der Waals surface area contributed by atoms with E-state index in [4.69, 9.17) is 0 Å². The maximum Gasteiger partial charge on any atom is 0.267 e. The molecule has 0 saturated heterocycles. The van der Waals surface area contributed by atoms with E-state index in [1.54, 1.807) is 23.9 Å². The number of carbonyl (C=O) groups excluding carboxylic acids is 2. The fourth-order valence-corrected chi connectivity index (χ4v) is 2.18. The molecule has 0 aliphatic rings. The largest absolute Gasteiger partial charge is 0.351 e. The number of amides is 1. The Morgan fingerprint density at radius 1 is 1.43 bits per heavy atom. The number of aromatic amines is 1. The van der Waals surface area contributed by atoms with Gasteiger partial charge in [0.25, 0.3) is 5.91 Å². The molecular weight excluding hydrogens is 268 g/mol. The molecule has 112 valence electrons. The normalized spacial score (nSPS) is 10.6. The molecular formula is C15H20N4O2. The summed E-state index contributed by atoms with van der Waals surface area (Å²) in [6.07, 6.45) is 5.20. The van der Waals surface area contributed by atoms with E-state index in [0.29, 0.717) is 17.8 Å².